The summed E-state index contributed by atoms with van der Waals surface area (Å²) in [5.74, 6) is -0.204. The number of nitrogens with one attached hydrogen (secondary N) is 1. The van der Waals surface area contributed by atoms with Crippen molar-refractivity contribution in [3.63, 3.8) is 0 Å². The summed E-state index contributed by atoms with van der Waals surface area (Å²) < 4.78 is 0. The molecule has 1 aliphatic carbocycles. The highest BCUT2D eigenvalue weighted by Gasteiger charge is 2.11. The first kappa shape index (κ1) is 15.3. The van der Waals surface area contributed by atoms with Crippen LogP contribution in [0.4, 0.5) is 5.69 Å². The Bertz CT molecular complexity index is 738. The van der Waals surface area contributed by atoms with E-state index in [1.54, 1.807) is 6.21 Å². The predicted molar refractivity (Wildman–Crippen MR) is 91.8 cm³/mol. The SMILES string of the molecule is Cc1ccccc1/C=N\OCC(=O)Nc1ccc2c(c1)CCC2. The van der Waals surface area contributed by atoms with E-state index in [1.807, 2.05) is 37.3 Å². The summed E-state index contributed by atoms with van der Waals surface area (Å²) in [6, 6.07) is 14.0. The third-order valence-corrected chi connectivity index (χ3v) is 4.03. The maximum absolute atomic E-state index is 11.9. The number of oxime groups is 1. The number of aryl methyl sites for hydroxylation is 3. The zero-order chi connectivity index (χ0) is 16.1. The van der Waals surface area contributed by atoms with Crippen molar-refractivity contribution < 1.29 is 9.63 Å². The molecule has 0 saturated heterocycles. The summed E-state index contributed by atoms with van der Waals surface area (Å²) in [6.07, 6.45) is 5.05. The Morgan fingerprint density at radius 2 is 2.04 bits per heavy atom. The van der Waals surface area contributed by atoms with Crippen LogP contribution in [-0.2, 0) is 22.5 Å². The van der Waals surface area contributed by atoms with Crippen LogP contribution in [0.25, 0.3) is 0 Å². The van der Waals surface area contributed by atoms with E-state index in [9.17, 15) is 4.79 Å². The van der Waals surface area contributed by atoms with Crippen LogP contribution in [0.15, 0.2) is 47.6 Å². The Kier molecular flexibility index (Phi) is 4.71. The average Bonchev–Trinajstić information content (AvgIpc) is 3.01. The number of hydrogen-bond acceptors (Lipinski definition) is 3. The van der Waals surface area contributed by atoms with Crippen molar-refractivity contribution in [2.75, 3.05) is 11.9 Å². The molecule has 1 aliphatic rings. The van der Waals surface area contributed by atoms with Gasteiger partial charge in [-0.15, -0.1) is 0 Å². The van der Waals surface area contributed by atoms with E-state index in [-0.39, 0.29) is 12.5 Å². The minimum Gasteiger partial charge on any atom is -0.386 e. The average molecular weight is 308 g/mol. The topological polar surface area (TPSA) is 50.7 Å². The fourth-order valence-electron chi connectivity index (χ4n) is 2.77. The first-order chi connectivity index (χ1) is 11.2. The lowest BCUT2D eigenvalue weighted by molar-refractivity contribution is -0.120. The number of carbonyl (C=O) groups is 1. The smallest absolute Gasteiger partial charge is 0.265 e. The van der Waals surface area contributed by atoms with Crippen LogP contribution in [0.1, 0.15) is 28.7 Å². The van der Waals surface area contributed by atoms with Crippen LogP contribution < -0.4 is 5.32 Å². The molecule has 0 fully saturated rings. The van der Waals surface area contributed by atoms with Crippen molar-refractivity contribution in [3.05, 3.63) is 64.7 Å². The second kappa shape index (κ2) is 7.09. The molecule has 4 nitrogen and oxygen atoms in total. The van der Waals surface area contributed by atoms with Gasteiger partial charge in [-0.25, -0.2) is 0 Å². The van der Waals surface area contributed by atoms with E-state index < -0.39 is 0 Å². The summed E-state index contributed by atoms with van der Waals surface area (Å²) in [7, 11) is 0. The van der Waals surface area contributed by atoms with Crippen LogP contribution in [0.5, 0.6) is 0 Å². The Morgan fingerprint density at radius 1 is 1.22 bits per heavy atom. The zero-order valence-electron chi connectivity index (χ0n) is 13.2. The molecule has 1 amide bonds. The number of fused-ring (bicyclic) bond motifs is 1. The van der Waals surface area contributed by atoms with Crippen molar-refractivity contribution >= 4 is 17.8 Å². The van der Waals surface area contributed by atoms with Gasteiger partial charge in [0.15, 0.2) is 6.61 Å². The van der Waals surface area contributed by atoms with E-state index in [4.69, 9.17) is 4.84 Å². The van der Waals surface area contributed by atoms with E-state index in [0.717, 1.165) is 29.7 Å². The number of amides is 1. The van der Waals surface area contributed by atoms with Crippen molar-refractivity contribution in [2.24, 2.45) is 5.16 Å². The maximum atomic E-state index is 11.9. The van der Waals surface area contributed by atoms with Gasteiger partial charge in [-0.2, -0.15) is 0 Å². The van der Waals surface area contributed by atoms with Crippen molar-refractivity contribution in [1.82, 2.24) is 0 Å². The molecule has 0 spiro atoms. The summed E-state index contributed by atoms with van der Waals surface area (Å²) in [5.41, 5.74) is 5.64. The molecule has 0 radical (unpaired) electrons. The van der Waals surface area contributed by atoms with Crippen molar-refractivity contribution in [1.29, 1.82) is 0 Å². The monoisotopic (exact) mass is 308 g/mol. The van der Waals surface area contributed by atoms with Gasteiger partial charge in [0.05, 0.1) is 6.21 Å². The van der Waals surface area contributed by atoms with Crippen molar-refractivity contribution in [2.45, 2.75) is 26.2 Å². The van der Waals surface area contributed by atoms with Gasteiger partial charge >= 0.3 is 0 Å². The Balaban J connectivity index is 1.49. The van der Waals surface area contributed by atoms with E-state index in [1.165, 1.54) is 17.5 Å². The van der Waals surface area contributed by atoms with Gasteiger partial charge in [-0.3, -0.25) is 4.79 Å². The molecule has 0 aromatic heterocycles. The van der Waals surface area contributed by atoms with Gasteiger partial charge in [0.25, 0.3) is 5.91 Å². The second-order valence-corrected chi connectivity index (χ2v) is 5.75. The molecule has 2 aromatic carbocycles. The summed E-state index contributed by atoms with van der Waals surface area (Å²) in [5, 5.41) is 6.70. The van der Waals surface area contributed by atoms with E-state index >= 15 is 0 Å². The summed E-state index contributed by atoms with van der Waals surface area (Å²) in [6.45, 7) is 1.90. The fraction of sp³-hybridized carbons (Fsp3) is 0.263. The largest absolute Gasteiger partial charge is 0.386 e. The van der Waals surface area contributed by atoms with Gasteiger partial charge < -0.3 is 10.2 Å². The summed E-state index contributed by atoms with van der Waals surface area (Å²) in [4.78, 5) is 17.0. The lowest BCUT2D eigenvalue weighted by Crippen LogP contribution is -2.17. The molecule has 0 saturated carbocycles. The van der Waals surface area contributed by atoms with Gasteiger partial charge in [0.1, 0.15) is 0 Å². The highest BCUT2D eigenvalue weighted by Crippen LogP contribution is 2.24. The molecule has 0 unspecified atom stereocenters. The van der Waals surface area contributed by atoms with Crippen LogP contribution >= 0.6 is 0 Å². The molecule has 23 heavy (non-hydrogen) atoms. The van der Waals surface area contributed by atoms with E-state index in [0.29, 0.717) is 0 Å². The molecular formula is C19H20N2O2. The first-order valence-corrected chi connectivity index (χ1v) is 7.85. The van der Waals surface area contributed by atoms with E-state index in [2.05, 4.69) is 22.6 Å². The Morgan fingerprint density at radius 3 is 2.91 bits per heavy atom. The molecule has 4 heteroatoms. The molecular weight excluding hydrogens is 288 g/mol. The number of benzene rings is 2. The van der Waals surface area contributed by atoms with Gasteiger partial charge in [-0.05, 0) is 60.6 Å². The third kappa shape index (κ3) is 3.97. The molecule has 2 aromatic rings. The number of anilines is 1. The minimum absolute atomic E-state index is 0.0978. The first-order valence-electron chi connectivity index (χ1n) is 7.85. The fourth-order valence-corrected chi connectivity index (χ4v) is 2.77. The normalized spacial score (nSPS) is 13.1. The summed E-state index contributed by atoms with van der Waals surface area (Å²) >= 11 is 0. The van der Waals surface area contributed by atoms with Gasteiger partial charge in [0.2, 0.25) is 0 Å². The molecule has 0 atom stereocenters. The molecule has 118 valence electrons. The second-order valence-electron chi connectivity index (χ2n) is 5.75. The molecule has 0 heterocycles. The van der Waals surface area contributed by atoms with Crippen LogP contribution in [-0.4, -0.2) is 18.7 Å². The molecule has 3 rings (SSSR count). The number of carbonyl (C=O) groups excluding carboxylic acids is 1. The predicted octanol–water partition coefficient (Wildman–Crippen LogP) is 3.47. The highest BCUT2D eigenvalue weighted by molar-refractivity contribution is 5.92. The number of rotatable bonds is 5. The quantitative estimate of drug-likeness (QED) is 0.679. The molecule has 0 aliphatic heterocycles. The molecule has 0 bridgehead atoms. The number of hydrogen-bond donors (Lipinski definition) is 1. The lowest BCUT2D eigenvalue weighted by atomic mass is 10.1. The van der Waals surface area contributed by atoms with Crippen LogP contribution in [0, 0.1) is 6.92 Å². The van der Waals surface area contributed by atoms with Crippen LogP contribution in [0.2, 0.25) is 0 Å². The maximum Gasteiger partial charge on any atom is 0.265 e. The highest BCUT2D eigenvalue weighted by atomic mass is 16.6. The Hall–Kier alpha value is -2.62. The number of nitrogens with zero attached hydrogens (tertiary/aromatic N) is 1. The standard InChI is InChI=1S/C19H20N2O2/c1-14-5-2-3-6-17(14)12-20-23-13-19(22)21-18-10-9-15-7-4-8-16(15)11-18/h2-3,5-6,9-12H,4,7-8,13H2,1H3,(H,21,22)/b20-12-. The minimum atomic E-state index is -0.204. The lowest BCUT2D eigenvalue weighted by Gasteiger charge is -2.06. The van der Waals surface area contributed by atoms with Gasteiger partial charge in [0, 0.05) is 5.69 Å². The Labute approximate surface area is 136 Å². The van der Waals surface area contributed by atoms with Crippen molar-refractivity contribution in [3.8, 4) is 0 Å². The third-order valence-electron chi connectivity index (χ3n) is 4.03. The zero-order valence-corrected chi connectivity index (χ0v) is 13.2. The van der Waals surface area contributed by atoms with Gasteiger partial charge in [-0.1, -0.05) is 35.5 Å². The van der Waals surface area contributed by atoms with Crippen LogP contribution in [0.3, 0.4) is 0 Å². The molecule has 1 N–H and O–H groups in total.